The van der Waals surface area contributed by atoms with Gasteiger partial charge in [-0.1, -0.05) is 12.1 Å². The fourth-order valence-corrected chi connectivity index (χ4v) is 1.36. The molecular formula is C17H22N2O4Pd+2. The number of aliphatic carboxylic acids is 1. The molecular weight excluding hydrogens is 403 g/mol. The minimum atomic E-state index is -0.833. The summed E-state index contributed by atoms with van der Waals surface area (Å²) in [5.74, 6) is -1.05. The molecule has 0 fully saturated rings. The van der Waals surface area contributed by atoms with Crippen LogP contribution >= 0.6 is 0 Å². The zero-order chi connectivity index (χ0) is 17.7. The fourth-order valence-electron chi connectivity index (χ4n) is 1.36. The van der Waals surface area contributed by atoms with E-state index in [-0.39, 0.29) is 32.5 Å². The topological polar surface area (TPSA) is 89.4 Å². The number of rotatable bonds is 2. The smallest absolute Gasteiger partial charge is 0.481 e. The van der Waals surface area contributed by atoms with Crippen molar-refractivity contribution in [3.8, 4) is 11.4 Å². The number of carboxylic acid groups (broad SMARTS) is 1. The minimum Gasteiger partial charge on any atom is -0.481 e. The van der Waals surface area contributed by atoms with Crippen LogP contribution in [0, 0.1) is 0 Å². The van der Waals surface area contributed by atoms with Crippen LogP contribution in [0.3, 0.4) is 0 Å². The van der Waals surface area contributed by atoms with Crippen molar-refractivity contribution in [1.82, 2.24) is 9.97 Å². The molecule has 6 nitrogen and oxygen atoms in total. The summed E-state index contributed by atoms with van der Waals surface area (Å²) in [6.07, 6.45) is 3.56. The maximum atomic E-state index is 10.0. The summed E-state index contributed by atoms with van der Waals surface area (Å²) < 4.78 is 4.61. The van der Waals surface area contributed by atoms with Crippen LogP contribution in [0.4, 0.5) is 0 Å². The van der Waals surface area contributed by atoms with Gasteiger partial charge in [-0.05, 0) is 38.1 Å². The molecule has 0 bridgehead atoms. The number of aromatic nitrogens is 2. The Morgan fingerprint density at radius 2 is 1.33 bits per heavy atom. The molecule has 1 N–H and O–H groups in total. The van der Waals surface area contributed by atoms with Gasteiger partial charge in [0.1, 0.15) is 0 Å². The summed E-state index contributed by atoms with van der Waals surface area (Å²) in [5, 5.41) is 7.42. The van der Waals surface area contributed by atoms with Crippen molar-refractivity contribution in [3.63, 3.8) is 0 Å². The van der Waals surface area contributed by atoms with Crippen LogP contribution in [-0.2, 0) is 34.7 Å². The van der Waals surface area contributed by atoms with Crippen molar-refractivity contribution < 1.29 is 39.9 Å². The van der Waals surface area contributed by atoms with Gasteiger partial charge in [0, 0.05) is 26.2 Å². The summed E-state index contributed by atoms with van der Waals surface area (Å²) in [5.41, 5.74) is 1.83. The molecule has 0 aliphatic heterocycles. The SMILES string of the molecule is CC(=O)O.CC(=O)OC(C)C.[Pd+2].c1ccc(-c2ccccn2)nc1. The molecule has 2 aromatic rings. The Bertz CT molecular complexity index is 536. The third-order valence-corrected chi connectivity index (χ3v) is 1.99. The summed E-state index contributed by atoms with van der Waals surface area (Å²) in [7, 11) is 0. The Kier molecular flexibility index (Phi) is 14.6. The molecule has 2 heterocycles. The van der Waals surface area contributed by atoms with E-state index in [2.05, 4.69) is 14.7 Å². The van der Waals surface area contributed by atoms with Crippen LogP contribution < -0.4 is 0 Å². The second-order valence-corrected chi connectivity index (χ2v) is 4.61. The molecule has 0 saturated heterocycles. The summed E-state index contributed by atoms with van der Waals surface area (Å²) in [6, 6.07) is 11.6. The molecule has 7 heteroatoms. The van der Waals surface area contributed by atoms with Crippen LogP contribution in [-0.4, -0.2) is 33.1 Å². The maximum absolute atomic E-state index is 10.0. The van der Waals surface area contributed by atoms with Crippen LogP contribution in [0.2, 0.25) is 0 Å². The van der Waals surface area contributed by atoms with Crippen LogP contribution in [0.25, 0.3) is 11.4 Å². The van der Waals surface area contributed by atoms with Crippen LogP contribution in [0.5, 0.6) is 0 Å². The molecule has 0 unspecified atom stereocenters. The largest absolute Gasteiger partial charge is 2.00 e. The number of esters is 1. The number of carboxylic acids is 1. The second kappa shape index (κ2) is 14.5. The van der Waals surface area contributed by atoms with E-state index in [1.54, 1.807) is 12.4 Å². The molecule has 0 saturated carbocycles. The second-order valence-electron chi connectivity index (χ2n) is 4.61. The first-order valence-electron chi connectivity index (χ1n) is 7.02. The molecule has 0 aromatic carbocycles. The molecule has 2 aromatic heterocycles. The van der Waals surface area contributed by atoms with E-state index in [0.29, 0.717) is 0 Å². The van der Waals surface area contributed by atoms with E-state index in [0.717, 1.165) is 18.3 Å². The van der Waals surface area contributed by atoms with Crippen molar-refractivity contribution >= 4 is 11.9 Å². The maximum Gasteiger partial charge on any atom is 2.00 e. The molecule has 0 radical (unpaired) electrons. The van der Waals surface area contributed by atoms with Crippen molar-refractivity contribution in [1.29, 1.82) is 0 Å². The molecule has 0 spiro atoms. The zero-order valence-electron chi connectivity index (χ0n) is 14.1. The first-order chi connectivity index (χ1) is 10.8. The molecule has 0 atom stereocenters. The van der Waals surface area contributed by atoms with E-state index in [1.807, 2.05) is 50.2 Å². The average molecular weight is 425 g/mol. The van der Waals surface area contributed by atoms with Crippen molar-refractivity contribution in [3.05, 3.63) is 48.8 Å². The molecule has 0 amide bonds. The van der Waals surface area contributed by atoms with Gasteiger partial charge in [-0.2, -0.15) is 0 Å². The van der Waals surface area contributed by atoms with Crippen LogP contribution in [0.1, 0.15) is 27.7 Å². The van der Waals surface area contributed by atoms with E-state index in [9.17, 15) is 4.79 Å². The Morgan fingerprint density at radius 3 is 1.50 bits per heavy atom. The number of ether oxygens (including phenoxy) is 1. The van der Waals surface area contributed by atoms with Gasteiger partial charge in [0.05, 0.1) is 17.5 Å². The summed E-state index contributed by atoms with van der Waals surface area (Å²) in [4.78, 5) is 27.4. The summed E-state index contributed by atoms with van der Waals surface area (Å²) in [6.45, 7) is 6.13. The third kappa shape index (κ3) is 14.8. The van der Waals surface area contributed by atoms with Crippen molar-refractivity contribution in [2.45, 2.75) is 33.8 Å². The third-order valence-electron chi connectivity index (χ3n) is 1.99. The number of hydrogen-bond donors (Lipinski definition) is 1. The monoisotopic (exact) mass is 424 g/mol. The average Bonchev–Trinajstić information content (AvgIpc) is 2.48. The number of pyridine rings is 2. The molecule has 0 aliphatic carbocycles. The molecule has 2 rings (SSSR count). The first kappa shape index (κ1) is 24.2. The quantitative estimate of drug-likeness (QED) is 0.588. The van der Waals surface area contributed by atoms with E-state index >= 15 is 0 Å². The van der Waals surface area contributed by atoms with Gasteiger partial charge in [-0.15, -0.1) is 0 Å². The first-order valence-corrected chi connectivity index (χ1v) is 7.02. The molecule has 24 heavy (non-hydrogen) atoms. The number of hydrogen-bond acceptors (Lipinski definition) is 5. The predicted octanol–water partition coefficient (Wildman–Crippen LogP) is 3.19. The number of carbonyl (C=O) groups is 2. The standard InChI is InChI=1S/C10H8N2.C5H10O2.C2H4O2.Pd/c1-3-7-11-9(5-1)10-6-2-4-8-12-10;1-4(2)7-5(3)6;1-2(3)4;/h1-8H;4H,1-3H3;1H3,(H,3,4);/q;;;+2. The van der Waals surface area contributed by atoms with Crippen LogP contribution in [0.15, 0.2) is 48.8 Å². The Hall–Kier alpha value is -2.10. The molecule has 0 aliphatic rings. The van der Waals surface area contributed by atoms with Crippen molar-refractivity contribution in [2.75, 3.05) is 0 Å². The van der Waals surface area contributed by atoms with Crippen molar-refractivity contribution in [2.24, 2.45) is 0 Å². The van der Waals surface area contributed by atoms with Gasteiger partial charge in [-0.25, -0.2) is 0 Å². The zero-order valence-corrected chi connectivity index (χ0v) is 15.6. The van der Waals surface area contributed by atoms with Gasteiger partial charge in [0.25, 0.3) is 5.97 Å². The van der Waals surface area contributed by atoms with E-state index in [4.69, 9.17) is 9.90 Å². The van der Waals surface area contributed by atoms with Gasteiger partial charge >= 0.3 is 26.4 Å². The van der Waals surface area contributed by atoms with Gasteiger partial charge in [0.15, 0.2) is 0 Å². The number of carbonyl (C=O) groups excluding carboxylic acids is 1. The Labute approximate surface area is 156 Å². The predicted molar refractivity (Wildman–Crippen MR) is 87.7 cm³/mol. The minimum absolute atomic E-state index is 0. The van der Waals surface area contributed by atoms with Gasteiger partial charge in [0.2, 0.25) is 0 Å². The normalized spacial score (nSPS) is 8.54. The Balaban J connectivity index is 0. The van der Waals surface area contributed by atoms with Gasteiger partial charge < -0.3 is 9.84 Å². The number of nitrogens with zero attached hydrogens (tertiary/aromatic N) is 2. The van der Waals surface area contributed by atoms with Gasteiger partial charge in [-0.3, -0.25) is 19.6 Å². The van der Waals surface area contributed by atoms with E-state index in [1.165, 1.54) is 6.92 Å². The fraction of sp³-hybridized carbons (Fsp3) is 0.294. The molecule has 132 valence electrons. The van der Waals surface area contributed by atoms with E-state index < -0.39 is 5.97 Å². The Morgan fingerprint density at radius 1 is 0.958 bits per heavy atom. The summed E-state index contributed by atoms with van der Waals surface area (Å²) >= 11 is 0.